The summed E-state index contributed by atoms with van der Waals surface area (Å²) in [6.45, 7) is 2.02. The second-order valence-electron chi connectivity index (χ2n) is 4.06. The maximum absolute atomic E-state index is 13.6. The molecule has 0 fully saturated rings. The van der Waals surface area contributed by atoms with Crippen LogP contribution >= 0.6 is 0 Å². The van der Waals surface area contributed by atoms with Crippen molar-refractivity contribution >= 4 is 0 Å². The highest BCUT2D eigenvalue weighted by molar-refractivity contribution is 5.31. The Morgan fingerprint density at radius 2 is 2.00 bits per heavy atom. The van der Waals surface area contributed by atoms with E-state index < -0.39 is 11.6 Å². The summed E-state index contributed by atoms with van der Waals surface area (Å²) in [6, 6.07) is 2.41. The third-order valence-electron chi connectivity index (χ3n) is 2.57. The van der Waals surface area contributed by atoms with Crippen LogP contribution in [-0.4, -0.2) is 12.6 Å². The van der Waals surface area contributed by atoms with Crippen molar-refractivity contribution in [3.63, 3.8) is 0 Å². The van der Waals surface area contributed by atoms with Crippen LogP contribution in [0.1, 0.15) is 25.3 Å². The third-order valence-corrected chi connectivity index (χ3v) is 2.57. The normalized spacial score (nSPS) is 11.9. The lowest BCUT2D eigenvalue weighted by Gasteiger charge is -2.11. The van der Waals surface area contributed by atoms with E-state index in [0.29, 0.717) is 18.4 Å². The molecule has 0 saturated carbocycles. The second-order valence-corrected chi connectivity index (χ2v) is 4.06. The van der Waals surface area contributed by atoms with E-state index in [9.17, 15) is 8.78 Å². The minimum Gasteiger partial charge on any atom is -0.487 e. The molecule has 18 heavy (non-hydrogen) atoms. The molecular formula is C14H17F2NO. The number of rotatable bonds is 6. The number of terminal acetylenes is 1. The standard InChI is InChI=1S/C14H17F2NO/c1-3-5-6-18-14-12(15)8-10(9-13(14)16)7-11(17)4-2/h1,8-9,11H,4-7,17H2,2H3. The van der Waals surface area contributed by atoms with E-state index in [1.54, 1.807) is 0 Å². The van der Waals surface area contributed by atoms with Crippen LogP contribution in [0.25, 0.3) is 0 Å². The monoisotopic (exact) mass is 253 g/mol. The van der Waals surface area contributed by atoms with E-state index in [1.165, 1.54) is 12.1 Å². The molecule has 1 aromatic carbocycles. The number of halogens is 2. The largest absolute Gasteiger partial charge is 0.487 e. The lowest BCUT2D eigenvalue weighted by molar-refractivity contribution is 0.292. The second kappa shape index (κ2) is 6.97. The lowest BCUT2D eigenvalue weighted by Crippen LogP contribution is -2.21. The van der Waals surface area contributed by atoms with Crippen molar-refractivity contribution in [2.24, 2.45) is 5.73 Å². The van der Waals surface area contributed by atoms with Gasteiger partial charge in [-0.3, -0.25) is 0 Å². The number of hydrogen-bond acceptors (Lipinski definition) is 2. The van der Waals surface area contributed by atoms with Gasteiger partial charge in [-0.1, -0.05) is 6.92 Å². The zero-order valence-corrected chi connectivity index (χ0v) is 10.4. The van der Waals surface area contributed by atoms with Crippen molar-refractivity contribution < 1.29 is 13.5 Å². The van der Waals surface area contributed by atoms with E-state index in [2.05, 4.69) is 5.92 Å². The van der Waals surface area contributed by atoms with E-state index in [4.69, 9.17) is 16.9 Å². The predicted molar refractivity (Wildman–Crippen MR) is 67.3 cm³/mol. The van der Waals surface area contributed by atoms with Gasteiger partial charge in [-0.2, -0.15) is 0 Å². The van der Waals surface area contributed by atoms with Gasteiger partial charge >= 0.3 is 0 Å². The summed E-state index contributed by atoms with van der Waals surface area (Å²) in [7, 11) is 0. The Balaban J connectivity index is 2.81. The molecule has 0 heterocycles. The molecule has 1 aromatic rings. The highest BCUT2D eigenvalue weighted by Gasteiger charge is 2.13. The highest BCUT2D eigenvalue weighted by Crippen LogP contribution is 2.24. The zero-order chi connectivity index (χ0) is 13.5. The molecule has 0 spiro atoms. The molecule has 98 valence electrons. The van der Waals surface area contributed by atoms with Crippen LogP contribution < -0.4 is 10.5 Å². The van der Waals surface area contributed by atoms with Crippen LogP contribution in [0.4, 0.5) is 8.78 Å². The average molecular weight is 253 g/mol. The minimum atomic E-state index is -0.717. The van der Waals surface area contributed by atoms with Gasteiger partial charge in [0.1, 0.15) is 0 Å². The van der Waals surface area contributed by atoms with Gasteiger partial charge in [-0.15, -0.1) is 12.3 Å². The van der Waals surface area contributed by atoms with Gasteiger partial charge in [-0.05, 0) is 30.5 Å². The first-order valence-electron chi connectivity index (χ1n) is 5.88. The smallest absolute Gasteiger partial charge is 0.190 e. The van der Waals surface area contributed by atoms with Crippen molar-refractivity contribution in [1.82, 2.24) is 0 Å². The summed E-state index contributed by atoms with van der Waals surface area (Å²) in [5.74, 6) is 0.525. The van der Waals surface area contributed by atoms with Gasteiger partial charge in [0.05, 0.1) is 6.61 Å². The van der Waals surface area contributed by atoms with Gasteiger partial charge in [0.25, 0.3) is 0 Å². The van der Waals surface area contributed by atoms with Gasteiger partial charge in [0, 0.05) is 12.5 Å². The van der Waals surface area contributed by atoms with Gasteiger partial charge in [-0.25, -0.2) is 8.78 Å². The first-order valence-corrected chi connectivity index (χ1v) is 5.88. The molecule has 0 aliphatic carbocycles. The van der Waals surface area contributed by atoms with Crippen molar-refractivity contribution in [3.05, 3.63) is 29.3 Å². The van der Waals surface area contributed by atoms with Gasteiger partial charge in [0.2, 0.25) is 0 Å². The summed E-state index contributed by atoms with van der Waals surface area (Å²) >= 11 is 0. The number of nitrogens with two attached hydrogens (primary N) is 1. The Morgan fingerprint density at radius 3 is 2.50 bits per heavy atom. The molecule has 0 aliphatic heterocycles. The topological polar surface area (TPSA) is 35.2 Å². The lowest BCUT2D eigenvalue weighted by atomic mass is 10.0. The fraction of sp³-hybridized carbons (Fsp3) is 0.429. The molecular weight excluding hydrogens is 236 g/mol. The van der Waals surface area contributed by atoms with Crippen LogP contribution in [0.5, 0.6) is 5.75 Å². The molecule has 1 unspecified atom stereocenters. The van der Waals surface area contributed by atoms with Crippen LogP contribution in [0.2, 0.25) is 0 Å². The summed E-state index contributed by atoms with van der Waals surface area (Å²) in [5, 5.41) is 0. The number of hydrogen-bond donors (Lipinski definition) is 1. The molecule has 1 rings (SSSR count). The van der Waals surface area contributed by atoms with Gasteiger partial charge in [0.15, 0.2) is 17.4 Å². The Kier molecular flexibility index (Phi) is 5.60. The van der Waals surface area contributed by atoms with Crippen molar-refractivity contribution in [2.45, 2.75) is 32.2 Å². The predicted octanol–water partition coefficient (Wildman–Crippen LogP) is 2.65. The maximum Gasteiger partial charge on any atom is 0.190 e. The van der Waals surface area contributed by atoms with E-state index in [-0.39, 0.29) is 18.4 Å². The summed E-state index contributed by atoms with van der Waals surface area (Å²) in [6.07, 6.45) is 6.53. The molecule has 0 saturated heterocycles. The van der Waals surface area contributed by atoms with E-state index in [1.807, 2.05) is 6.92 Å². The average Bonchev–Trinajstić information content (AvgIpc) is 2.32. The Bertz CT molecular complexity index is 417. The van der Waals surface area contributed by atoms with E-state index >= 15 is 0 Å². The molecule has 2 N–H and O–H groups in total. The van der Waals surface area contributed by atoms with Crippen LogP contribution in [0.3, 0.4) is 0 Å². The SMILES string of the molecule is C#CCCOc1c(F)cc(CC(N)CC)cc1F. The Labute approximate surface area is 106 Å². The Hall–Kier alpha value is -1.60. The van der Waals surface area contributed by atoms with Crippen molar-refractivity contribution in [3.8, 4) is 18.1 Å². The molecule has 0 aliphatic rings. The molecule has 4 heteroatoms. The molecule has 0 bridgehead atoms. The number of ether oxygens (including phenoxy) is 1. The number of benzene rings is 1. The zero-order valence-electron chi connectivity index (χ0n) is 10.4. The van der Waals surface area contributed by atoms with Gasteiger partial charge < -0.3 is 10.5 Å². The van der Waals surface area contributed by atoms with Crippen LogP contribution in [0.15, 0.2) is 12.1 Å². The molecule has 1 atom stereocenters. The van der Waals surface area contributed by atoms with Crippen LogP contribution in [-0.2, 0) is 6.42 Å². The highest BCUT2D eigenvalue weighted by atomic mass is 19.1. The molecule has 2 nitrogen and oxygen atoms in total. The fourth-order valence-electron chi connectivity index (χ4n) is 1.53. The quantitative estimate of drug-likeness (QED) is 0.625. The maximum atomic E-state index is 13.6. The first-order chi connectivity index (χ1) is 8.58. The van der Waals surface area contributed by atoms with Crippen molar-refractivity contribution in [2.75, 3.05) is 6.61 Å². The van der Waals surface area contributed by atoms with Crippen LogP contribution in [0, 0.1) is 24.0 Å². The molecule has 0 radical (unpaired) electrons. The first kappa shape index (κ1) is 14.5. The Morgan fingerprint density at radius 1 is 1.39 bits per heavy atom. The van der Waals surface area contributed by atoms with Crippen molar-refractivity contribution in [1.29, 1.82) is 0 Å². The fourth-order valence-corrected chi connectivity index (χ4v) is 1.53. The summed E-state index contributed by atoms with van der Waals surface area (Å²) in [5.41, 5.74) is 6.27. The summed E-state index contributed by atoms with van der Waals surface area (Å²) < 4.78 is 32.2. The summed E-state index contributed by atoms with van der Waals surface area (Å²) in [4.78, 5) is 0. The minimum absolute atomic E-state index is 0.0954. The molecule has 0 amide bonds. The third kappa shape index (κ3) is 4.01. The van der Waals surface area contributed by atoms with E-state index in [0.717, 1.165) is 6.42 Å². The molecule has 0 aromatic heterocycles.